The molecule has 0 aliphatic heterocycles. The summed E-state index contributed by atoms with van der Waals surface area (Å²) < 4.78 is 0. The third-order valence-corrected chi connectivity index (χ3v) is 0. The molecule has 2 N–H and O–H groups in total. The van der Waals surface area contributed by atoms with Gasteiger partial charge in [-0.25, -0.2) is 0 Å². The minimum Gasteiger partial charge on any atom is -0.412 e. The molecule has 1 radical (unpaired) electrons. The maximum absolute atomic E-state index is 0. The van der Waals surface area contributed by atoms with E-state index in [2.05, 4.69) is 0 Å². The number of hydrogen-bond acceptors (Lipinski definition) is 0. The maximum atomic E-state index is 0. The van der Waals surface area contributed by atoms with Crippen molar-refractivity contribution in [2.24, 2.45) is 0 Å². The number of rotatable bonds is 0. The van der Waals surface area contributed by atoms with Crippen molar-refractivity contribution in [2.45, 2.75) is 0 Å². The van der Waals surface area contributed by atoms with Crippen LogP contribution in [0.4, 0.5) is 0 Å². The van der Waals surface area contributed by atoms with Gasteiger partial charge < -0.3 is 5.48 Å². The summed E-state index contributed by atoms with van der Waals surface area (Å²) in [6.45, 7) is 0. The van der Waals surface area contributed by atoms with Gasteiger partial charge >= 0.3 is 0 Å². The van der Waals surface area contributed by atoms with E-state index in [0.717, 1.165) is 0 Å². The van der Waals surface area contributed by atoms with Crippen LogP contribution in [0.5, 0.6) is 0 Å². The molecular formula is H8OP2V. The Bertz CT molecular complexity index is 6.00. The second-order valence-corrected chi connectivity index (χ2v) is 0. The van der Waals surface area contributed by atoms with Gasteiger partial charge in [0.2, 0.25) is 0 Å². The van der Waals surface area contributed by atoms with E-state index in [1.165, 1.54) is 0 Å². The SMILES string of the molecule is O.P.P.[V]. The predicted octanol–water partition coefficient (Wildman–Crippen LogP) is -0.711. The normalized spacial score (nSPS) is 0. The Hall–Kier alpha value is 1.40. The van der Waals surface area contributed by atoms with Crippen LogP contribution in [0.3, 0.4) is 0 Å². The van der Waals surface area contributed by atoms with Crippen molar-refractivity contribution in [1.29, 1.82) is 0 Å². The average Bonchev–Trinajstić information content (AvgIpc) is 0. The second-order valence-electron chi connectivity index (χ2n) is 0. The van der Waals surface area contributed by atoms with Crippen LogP contribution in [-0.2, 0) is 18.6 Å². The zero-order chi connectivity index (χ0) is 0. The molecule has 0 heterocycles. The molecule has 2 unspecified atom stereocenters. The molecule has 0 aliphatic rings. The van der Waals surface area contributed by atoms with Gasteiger partial charge in [-0.2, -0.15) is 19.8 Å². The summed E-state index contributed by atoms with van der Waals surface area (Å²) in [6, 6.07) is 0. The Morgan fingerprint density at radius 1 is 0.750 bits per heavy atom. The molecule has 0 spiro atoms. The molecule has 0 aromatic rings. The van der Waals surface area contributed by atoms with E-state index in [1.807, 2.05) is 0 Å². The van der Waals surface area contributed by atoms with Crippen molar-refractivity contribution in [3.8, 4) is 0 Å². The fourth-order valence-corrected chi connectivity index (χ4v) is 0. The van der Waals surface area contributed by atoms with Crippen molar-refractivity contribution in [2.75, 3.05) is 0 Å². The smallest absolute Gasteiger partial charge is 0 e. The van der Waals surface area contributed by atoms with Gasteiger partial charge in [-0.05, 0) is 0 Å². The Morgan fingerprint density at radius 2 is 0.750 bits per heavy atom. The molecule has 0 aromatic heterocycles. The summed E-state index contributed by atoms with van der Waals surface area (Å²) in [6.07, 6.45) is 0. The second kappa shape index (κ2) is 25.9. The van der Waals surface area contributed by atoms with Gasteiger partial charge in [0, 0.05) is 18.6 Å². The molecular weight excluding hydrogens is 129 g/mol. The summed E-state index contributed by atoms with van der Waals surface area (Å²) in [4.78, 5) is 0. The van der Waals surface area contributed by atoms with Crippen LogP contribution < -0.4 is 0 Å². The Kier molecular flexibility index (Phi) is 344. The van der Waals surface area contributed by atoms with E-state index >= 15 is 0 Å². The molecule has 0 saturated carbocycles. The quantitative estimate of drug-likeness (QED) is 0.395. The van der Waals surface area contributed by atoms with Gasteiger partial charge in [-0.3, -0.25) is 0 Å². The fraction of sp³-hybridized carbons (Fsp3) is 0. The Morgan fingerprint density at radius 3 is 0.750 bits per heavy atom. The van der Waals surface area contributed by atoms with E-state index < -0.39 is 0 Å². The van der Waals surface area contributed by atoms with Gasteiger partial charge in [0.05, 0.1) is 0 Å². The largest absolute Gasteiger partial charge is 0.412 e. The van der Waals surface area contributed by atoms with E-state index in [-0.39, 0.29) is 43.8 Å². The van der Waals surface area contributed by atoms with Crippen molar-refractivity contribution >= 4 is 19.8 Å². The van der Waals surface area contributed by atoms with Gasteiger partial charge in [-0.1, -0.05) is 0 Å². The molecule has 0 fully saturated rings. The van der Waals surface area contributed by atoms with Crippen LogP contribution >= 0.6 is 19.8 Å². The zero-order valence-corrected chi connectivity index (χ0v) is 6.59. The standard InChI is InChI=1S/H2O.2H3P.V/h1H2;2*1H3;. The predicted molar refractivity (Wildman–Crippen MR) is 25.8 cm³/mol. The van der Waals surface area contributed by atoms with E-state index in [4.69, 9.17) is 0 Å². The van der Waals surface area contributed by atoms with Crippen molar-refractivity contribution < 1.29 is 24.0 Å². The van der Waals surface area contributed by atoms with Crippen LogP contribution in [0.1, 0.15) is 0 Å². The summed E-state index contributed by atoms with van der Waals surface area (Å²) in [5.41, 5.74) is 0. The first-order chi connectivity index (χ1) is 0. The first kappa shape index (κ1) is 53.2. The van der Waals surface area contributed by atoms with Gasteiger partial charge in [0.1, 0.15) is 0 Å². The Labute approximate surface area is 44.4 Å². The maximum Gasteiger partial charge on any atom is 0 e. The summed E-state index contributed by atoms with van der Waals surface area (Å²) >= 11 is 0. The summed E-state index contributed by atoms with van der Waals surface area (Å²) in [7, 11) is 0. The third kappa shape index (κ3) is 9.98. The molecule has 29 valence electrons. The van der Waals surface area contributed by atoms with Gasteiger partial charge in [-0.15, -0.1) is 0 Å². The Balaban J connectivity index is 0. The van der Waals surface area contributed by atoms with Crippen LogP contribution in [0, 0.1) is 0 Å². The number of hydrogen-bond donors (Lipinski definition) is 0. The first-order valence-corrected chi connectivity index (χ1v) is 0. The molecule has 0 saturated heterocycles. The topological polar surface area (TPSA) is 31.5 Å². The van der Waals surface area contributed by atoms with Crippen molar-refractivity contribution in [3.63, 3.8) is 0 Å². The van der Waals surface area contributed by atoms with Gasteiger partial charge in [0.15, 0.2) is 0 Å². The first-order valence-electron chi connectivity index (χ1n) is 0. The van der Waals surface area contributed by atoms with E-state index in [9.17, 15) is 0 Å². The minimum atomic E-state index is 0. The van der Waals surface area contributed by atoms with Crippen molar-refractivity contribution in [1.82, 2.24) is 0 Å². The molecule has 0 rings (SSSR count). The molecule has 4 heteroatoms. The van der Waals surface area contributed by atoms with Crippen LogP contribution in [0.15, 0.2) is 0 Å². The van der Waals surface area contributed by atoms with E-state index in [0.29, 0.717) is 0 Å². The monoisotopic (exact) mass is 137 g/mol. The summed E-state index contributed by atoms with van der Waals surface area (Å²) in [5.74, 6) is 0. The molecule has 0 amide bonds. The summed E-state index contributed by atoms with van der Waals surface area (Å²) in [5, 5.41) is 0. The van der Waals surface area contributed by atoms with Crippen LogP contribution in [0.2, 0.25) is 0 Å². The van der Waals surface area contributed by atoms with Crippen LogP contribution in [0.25, 0.3) is 0 Å². The van der Waals surface area contributed by atoms with E-state index in [1.54, 1.807) is 0 Å². The molecule has 0 aromatic carbocycles. The molecule has 2 atom stereocenters. The van der Waals surface area contributed by atoms with Crippen molar-refractivity contribution in [3.05, 3.63) is 0 Å². The zero-order valence-electron chi connectivity index (χ0n) is 2.36. The fourth-order valence-electron chi connectivity index (χ4n) is 0. The van der Waals surface area contributed by atoms with Crippen LogP contribution in [-0.4, -0.2) is 5.48 Å². The molecule has 0 bridgehead atoms. The van der Waals surface area contributed by atoms with Gasteiger partial charge in [0.25, 0.3) is 0 Å². The molecule has 1 nitrogen and oxygen atoms in total. The molecule has 4 heavy (non-hydrogen) atoms. The third-order valence-electron chi connectivity index (χ3n) is 0. The molecule has 0 aliphatic carbocycles. The minimum absolute atomic E-state index is 0. The average molecular weight is 137 g/mol.